The van der Waals surface area contributed by atoms with Gasteiger partial charge in [-0.2, -0.15) is 0 Å². The number of fused-ring (bicyclic) bond motifs is 1. The Morgan fingerprint density at radius 1 is 1.38 bits per heavy atom. The number of aryl methyl sites for hydroxylation is 1. The molecule has 1 N–H and O–H groups in total. The van der Waals surface area contributed by atoms with E-state index in [2.05, 4.69) is 0 Å². The third kappa shape index (κ3) is 1.18. The maximum Gasteiger partial charge on any atom is 0.335 e. The SMILES string of the molecule is Cc1ccn2ccc(C(=O)O)cc12. The van der Waals surface area contributed by atoms with E-state index in [1.807, 2.05) is 23.6 Å². The molecular formula is C10H9NO2. The third-order valence-corrected chi connectivity index (χ3v) is 2.12. The minimum Gasteiger partial charge on any atom is -0.478 e. The molecule has 0 aliphatic carbocycles. The van der Waals surface area contributed by atoms with Gasteiger partial charge in [-0.15, -0.1) is 0 Å². The Labute approximate surface area is 75.2 Å². The van der Waals surface area contributed by atoms with Gasteiger partial charge in [-0.05, 0) is 30.7 Å². The molecule has 2 heterocycles. The fraction of sp³-hybridized carbons (Fsp3) is 0.100. The summed E-state index contributed by atoms with van der Waals surface area (Å²) >= 11 is 0. The van der Waals surface area contributed by atoms with Crippen LogP contribution in [0.4, 0.5) is 0 Å². The summed E-state index contributed by atoms with van der Waals surface area (Å²) in [6.45, 7) is 1.96. The first-order valence-electron chi connectivity index (χ1n) is 3.99. The first-order chi connectivity index (χ1) is 6.18. The van der Waals surface area contributed by atoms with Crippen LogP contribution < -0.4 is 0 Å². The lowest BCUT2D eigenvalue weighted by Crippen LogP contribution is -1.97. The summed E-state index contributed by atoms with van der Waals surface area (Å²) in [4.78, 5) is 10.7. The van der Waals surface area contributed by atoms with Crippen LogP contribution >= 0.6 is 0 Å². The van der Waals surface area contributed by atoms with Crippen molar-refractivity contribution in [1.82, 2.24) is 4.40 Å². The zero-order valence-electron chi connectivity index (χ0n) is 7.19. The van der Waals surface area contributed by atoms with E-state index >= 15 is 0 Å². The zero-order valence-corrected chi connectivity index (χ0v) is 7.19. The molecule has 66 valence electrons. The average molecular weight is 175 g/mol. The molecule has 0 aliphatic heterocycles. The van der Waals surface area contributed by atoms with Crippen LogP contribution in [0.5, 0.6) is 0 Å². The van der Waals surface area contributed by atoms with E-state index in [0.717, 1.165) is 11.1 Å². The molecule has 0 radical (unpaired) electrons. The highest BCUT2D eigenvalue weighted by molar-refractivity contribution is 5.89. The van der Waals surface area contributed by atoms with Crippen LogP contribution in [0.25, 0.3) is 5.52 Å². The average Bonchev–Trinajstić information content (AvgIpc) is 2.47. The third-order valence-electron chi connectivity index (χ3n) is 2.12. The highest BCUT2D eigenvalue weighted by atomic mass is 16.4. The molecule has 0 amide bonds. The molecule has 0 aromatic carbocycles. The number of aromatic carboxylic acids is 1. The number of carboxylic acids is 1. The molecule has 0 spiro atoms. The highest BCUT2D eigenvalue weighted by Crippen LogP contribution is 2.13. The lowest BCUT2D eigenvalue weighted by atomic mass is 10.2. The zero-order chi connectivity index (χ0) is 9.42. The first kappa shape index (κ1) is 7.86. The lowest BCUT2D eigenvalue weighted by molar-refractivity contribution is 0.0697. The number of hydrogen-bond acceptors (Lipinski definition) is 1. The van der Waals surface area contributed by atoms with Crippen LogP contribution in [0, 0.1) is 6.92 Å². The number of hydrogen-bond donors (Lipinski definition) is 1. The van der Waals surface area contributed by atoms with Gasteiger partial charge < -0.3 is 9.51 Å². The van der Waals surface area contributed by atoms with Crippen molar-refractivity contribution in [3.05, 3.63) is 41.7 Å². The van der Waals surface area contributed by atoms with Gasteiger partial charge in [0.2, 0.25) is 0 Å². The fourth-order valence-electron chi connectivity index (χ4n) is 1.37. The number of pyridine rings is 1. The molecule has 3 nitrogen and oxygen atoms in total. The van der Waals surface area contributed by atoms with Gasteiger partial charge in [-0.25, -0.2) is 4.79 Å². The molecule has 2 aromatic rings. The van der Waals surface area contributed by atoms with Gasteiger partial charge in [0, 0.05) is 17.9 Å². The van der Waals surface area contributed by atoms with E-state index in [9.17, 15) is 4.79 Å². The minimum atomic E-state index is -0.886. The molecule has 0 unspecified atom stereocenters. The Morgan fingerprint density at radius 2 is 2.08 bits per heavy atom. The van der Waals surface area contributed by atoms with Gasteiger partial charge >= 0.3 is 5.97 Å². The second-order valence-electron chi connectivity index (χ2n) is 3.01. The van der Waals surface area contributed by atoms with E-state index in [4.69, 9.17) is 5.11 Å². The summed E-state index contributed by atoms with van der Waals surface area (Å²) in [5.74, 6) is -0.886. The predicted octanol–water partition coefficient (Wildman–Crippen LogP) is 1.95. The van der Waals surface area contributed by atoms with Gasteiger partial charge in [0.05, 0.1) is 5.56 Å². The van der Waals surface area contributed by atoms with Crippen LogP contribution in [0.1, 0.15) is 15.9 Å². The van der Waals surface area contributed by atoms with E-state index < -0.39 is 5.97 Å². The fourth-order valence-corrected chi connectivity index (χ4v) is 1.37. The largest absolute Gasteiger partial charge is 0.478 e. The monoisotopic (exact) mass is 175 g/mol. The summed E-state index contributed by atoms with van der Waals surface area (Å²) in [6, 6.07) is 5.23. The maximum atomic E-state index is 10.7. The van der Waals surface area contributed by atoms with Crippen molar-refractivity contribution in [3.63, 3.8) is 0 Å². The van der Waals surface area contributed by atoms with E-state index in [1.165, 1.54) is 0 Å². The van der Waals surface area contributed by atoms with Crippen molar-refractivity contribution < 1.29 is 9.90 Å². The summed E-state index contributed by atoms with van der Waals surface area (Å²) in [7, 11) is 0. The molecule has 0 bridgehead atoms. The molecule has 0 atom stereocenters. The molecular weight excluding hydrogens is 166 g/mol. The van der Waals surface area contributed by atoms with Crippen molar-refractivity contribution >= 4 is 11.5 Å². The number of aromatic nitrogens is 1. The van der Waals surface area contributed by atoms with Gasteiger partial charge in [-0.3, -0.25) is 0 Å². The van der Waals surface area contributed by atoms with E-state index in [1.54, 1.807) is 18.3 Å². The minimum absolute atomic E-state index is 0.328. The van der Waals surface area contributed by atoms with E-state index in [-0.39, 0.29) is 0 Å². The van der Waals surface area contributed by atoms with Crippen LogP contribution in [0.3, 0.4) is 0 Å². The summed E-state index contributed by atoms with van der Waals surface area (Å²) in [6.07, 6.45) is 3.67. The van der Waals surface area contributed by atoms with Crippen molar-refractivity contribution in [2.45, 2.75) is 6.92 Å². The molecule has 2 rings (SSSR count). The van der Waals surface area contributed by atoms with Crippen LogP contribution in [0.15, 0.2) is 30.6 Å². The number of rotatable bonds is 1. The van der Waals surface area contributed by atoms with Crippen molar-refractivity contribution in [1.29, 1.82) is 0 Å². The van der Waals surface area contributed by atoms with Gasteiger partial charge in [0.15, 0.2) is 0 Å². The molecule has 13 heavy (non-hydrogen) atoms. The van der Waals surface area contributed by atoms with E-state index in [0.29, 0.717) is 5.56 Å². The first-order valence-corrected chi connectivity index (χ1v) is 3.99. The Balaban J connectivity index is 2.72. The Bertz CT molecular complexity index is 471. The van der Waals surface area contributed by atoms with Gasteiger partial charge in [0.25, 0.3) is 0 Å². The summed E-state index contributed by atoms with van der Waals surface area (Å²) in [5.41, 5.74) is 2.36. The van der Waals surface area contributed by atoms with Crippen molar-refractivity contribution in [2.24, 2.45) is 0 Å². The standard InChI is InChI=1S/C10H9NO2/c1-7-2-4-11-5-3-8(10(12)13)6-9(7)11/h2-6H,1H3,(H,12,13). The predicted molar refractivity (Wildman–Crippen MR) is 49.1 cm³/mol. The summed E-state index contributed by atoms with van der Waals surface area (Å²) < 4.78 is 1.90. The van der Waals surface area contributed by atoms with Crippen LogP contribution in [-0.4, -0.2) is 15.5 Å². The Kier molecular flexibility index (Phi) is 1.59. The number of carbonyl (C=O) groups is 1. The highest BCUT2D eigenvalue weighted by Gasteiger charge is 2.04. The van der Waals surface area contributed by atoms with Crippen LogP contribution in [0.2, 0.25) is 0 Å². The topological polar surface area (TPSA) is 41.7 Å². The molecule has 0 saturated heterocycles. The Hall–Kier alpha value is -1.77. The van der Waals surface area contributed by atoms with Crippen molar-refractivity contribution in [2.75, 3.05) is 0 Å². The molecule has 3 heteroatoms. The second kappa shape index (κ2) is 2.62. The Morgan fingerprint density at radius 3 is 2.77 bits per heavy atom. The van der Waals surface area contributed by atoms with Gasteiger partial charge in [0.1, 0.15) is 0 Å². The normalized spacial score (nSPS) is 10.5. The molecule has 0 fully saturated rings. The molecule has 0 aliphatic rings. The van der Waals surface area contributed by atoms with Crippen molar-refractivity contribution in [3.8, 4) is 0 Å². The molecule has 2 aromatic heterocycles. The molecule has 0 saturated carbocycles. The van der Waals surface area contributed by atoms with Gasteiger partial charge in [-0.1, -0.05) is 0 Å². The maximum absolute atomic E-state index is 10.7. The smallest absolute Gasteiger partial charge is 0.335 e. The van der Waals surface area contributed by atoms with Crippen LogP contribution in [-0.2, 0) is 0 Å². The lowest BCUT2D eigenvalue weighted by Gasteiger charge is -1.97. The quantitative estimate of drug-likeness (QED) is 0.719. The summed E-state index contributed by atoms with van der Waals surface area (Å²) in [5, 5.41) is 8.76. The number of nitrogens with zero attached hydrogens (tertiary/aromatic N) is 1. The second-order valence-corrected chi connectivity index (χ2v) is 3.01. The number of carboxylic acid groups (broad SMARTS) is 1.